The number of carbonyl (C=O) groups excluding carboxylic acids is 3. The molecular formula is C65H126O6. The van der Waals surface area contributed by atoms with Crippen molar-refractivity contribution in [1.82, 2.24) is 0 Å². The molecule has 2 unspecified atom stereocenters. The van der Waals surface area contributed by atoms with Crippen LogP contribution in [0, 0.1) is 11.8 Å². The topological polar surface area (TPSA) is 78.9 Å². The normalized spacial score (nSPS) is 12.8. The minimum atomic E-state index is -0.764. The number of ether oxygens (including phenoxy) is 3. The summed E-state index contributed by atoms with van der Waals surface area (Å²) >= 11 is 0. The molecule has 0 bridgehead atoms. The maximum Gasteiger partial charge on any atom is 0.306 e. The zero-order valence-corrected chi connectivity index (χ0v) is 48.9. The summed E-state index contributed by atoms with van der Waals surface area (Å²) < 4.78 is 17.0. The Kier molecular flexibility index (Phi) is 56.4. The van der Waals surface area contributed by atoms with Crippen LogP contribution in [0.2, 0.25) is 0 Å². The van der Waals surface area contributed by atoms with Crippen LogP contribution in [0.3, 0.4) is 0 Å². The number of hydrogen-bond donors (Lipinski definition) is 0. The smallest absolute Gasteiger partial charge is 0.306 e. The van der Waals surface area contributed by atoms with Gasteiger partial charge in [0, 0.05) is 19.3 Å². The molecule has 71 heavy (non-hydrogen) atoms. The molecule has 6 heteroatoms. The van der Waals surface area contributed by atoms with E-state index in [-0.39, 0.29) is 31.1 Å². The van der Waals surface area contributed by atoms with Crippen LogP contribution < -0.4 is 0 Å². The maximum atomic E-state index is 12.9. The molecule has 0 aliphatic heterocycles. The van der Waals surface area contributed by atoms with Crippen molar-refractivity contribution in [3.05, 3.63) is 0 Å². The predicted molar refractivity (Wildman–Crippen MR) is 307 cm³/mol. The Morgan fingerprint density at radius 2 is 0.493 bits per heavy atom. The fraction of sp³-hybridized carbons (Fsp3) is 0.954. The molecule has 0 aliphatic rings. The lowest BCUT2D eigenvalue weighted by Gasteiger charge is -2.18. The fourth-order valence-corrected chi connectivity index (χ4v) is 10.0. The lowest BCUT2D eigenvalue weighted by Crippen LogP contribution is -2.30. The van der Waals surface area contributed by atoms with E-state index >= 15 is 0 Å². The number of hydrogen-bond acceptors (Lipinski definition) is 6. The van der Waals surface area contributed by atoms with Crippen molar-refractivity contribution >= 4 is 17.9 Å². The quantitative estimate of drug-likeness (QED) is 0.0343. The van der Waals surface area contributed by atoms with Crippen LogP contribution in [0.4, 0.5) is 0 Å². The van der Waals surface area contributed by atoms with Gasteiger partial charge in [-0.1, -0.05) is 330 Å². The Balaban J connectivity index is 4.25. The van der Waals surface area contributed by atoms with E-state index in [2.05, 4.69) is 34.6 Å². The summed E-state index contributed by atoms with van der Waals surface area (Å²) in [5.41, 5.74) is 0. The highest BCUT2D eigenvalue weighted by Crippen LogP contribution is 2.20. The summed E-state index contributed by atoms with van der Waals surface area (Å²) in [5.74, 6) is 0.945. The highest BCUT2D eigenvalue weighted by Gasteiger charge is 2.19. The van der Waals surface area contributed by atoms with Crippen LogP contribution in [-0.4, -0.2) is 37.2 Å². The molecular weight excluding hydrogens is 877 g/mol. The first kappa shape index (κ1) is 69.4. The Morgan fingerprint density at radius 3 is 0.732 bits per heavy atom. The van der Waals surface area contributed by atoms with Crippen LogP contribution in [0.1, 0.15) is 369 Å². The minimum absolute atomic E-state index is 0.0621. The maximum absolute atomic E-state index is 12.9. The molecule has 0 aliphatic carbocycles. The van der Waals surface area contributed by atoms with Gasteiger partial charge in [0.1, 0.15) is 13.2 Å². The average molecular weight is 1000 g/mol. The second-order valence-corrected chi connectivity index (χ2v) is 22.9. The molecule has 422 valence electrons. The van der Waals surface area contributed by atoms with Crippen molar-refractivity contribution < 1.29 is 28.6 Å². The third-order valence-electron chi connectivity index (χ3n) is 15.7. The van der Waals surface area contributed by atoms with Crippen LogP contribution in [0.15, 0.2) is 0 Å². The van der Waals surface area contributed by atoms with E-state index in [1.54, 1.807) is 0 Å². The van der Waals surface area contributed by atoms with Gasteiger partial charge in [-0.25, -0.2) is 0 Å². The number of esters is 3. The summed E-state index contributed by atoms with van der Waals surface area (Å²) in [4.78, 5) is 38.3. The zero-order valence-electron chi connectivity index (χ0n) is 48.9. The Hall–Kier alpha value is -1.59. The van der Waals surface area contributed by atoms with Crippen LogP contribution in [0.25, 0.3) is 0 Å². The molecule has 0 radical (unpaired) electrons. The summed E-state index contributed by atoms with van der Waals surface area (Å²) in [6.45, 7) is 11.5. The van der Waals surface area contributed by atoms with Crippen LogP contribution >= 0.6 is 0 Å². The summed E-state index contributed by atoms with van der Waals surface area (Å²) in [6, 6.07) is 0. The van der Waals surface area contributed by atoms with E-state index in [9.17, 15) is 14.4 Å². The zero-order chi connectivity index (χ0) is 51.8. The molecule has 0 fully saturated rings. The molecule has 0 rings (SSSR count). The molecule has 0 aromatic carbocycles. The van der Waals surface area contributed by atoms with Gasteiger partial charge in [0.2, 0.25) is 0 Å². The fourth-order valence-electron chi connectivity index (χ4n) is 10.0. The van der Waals surface area contributed by atoms with Crippen molar-refractivity contribution in [3.63, 3.8) is 0 Å². The second kappa shape index (κ2) is 57.7. The number of rotatable bonds is 59. The summed E-state index contributed by atoms with van der Waals surface area (Å²) in [6.07, 6.45) is 63.8. The monoisotopic (exact) mass is 1000 g/mol. The lowest BCUT2D eigenvalue weighted by atomic mass is 9.99. The highest BCUT2D eigenvalue weighted by atomic mass is 16.6. The molecule has 0 spiro atoms. The van der Waals surface area contributed by atoms with Crippen molar-refractivity contribution in [2.75, 3.05) is 13.2 Å². The first-order valence-electron chi connectivity index (χ1n) is 32.3. The molecule has 0 N–H and O–H groups in total. The first-order valence-corrected chi connectivity index (χ1v) is 32.3. The van der Waals surface area contributed by atoms with Crippen molar-refractivity contribution in [1.29, 1.82) is 0 Å². The predicted octanol–water partition coefficient (Wildman–Crippen LogP) is 21.6. The molecule has 0 amide bonds. The van der Waals surface area contributed by atoms with Crippen molar-refractivity contribution in [3.8, 4) is 0 Å². The van der Waals surface area contributed by atoms with E-state index in [1.165, 1.54) is 257 Å². The first-order chi connectivity index (χ1) is 34.8. The molecule has 0 saturated carbocycles. The standard InChI is InChI=1S/C65H126O6/c1-6-9-10-11-12-13-14-15-16-19-23-26-29-35-40-45-50-55-63(66)69-58-62(71-65(68)57-52-47-42-37-32-31-34-39-44-49-54-61(5)8-3)59-70-64(67)56-51-46-41-36-30-27-24-21-18-17-20-22-25-28-33-38-43-48-53-60(4)7-2/h60-62H,6-59H2,1-5H3/t60?,61?,62-/m1/s1. The van der Waals surface area contributed by atoms with E-state index < -0.39 is 6.10 Å². The average Bonchev–Trinajstić information content (AvgIpc) is 3.37. The largest absolute Gasteiger partial charge is 0.462 e. The second-order valence-electron chi connectivity index (χ2n) is 22.9. The van der Waals surface area contributed by atoms with Crippen molar-refractivity contribution in [2.24, 2.45) is 11.8 Å². The molecule has 0 saturated heterocycles. The Bertz CT molecular complexity index is 1090. The van der Waals surface area contributed by atoms with E-state index in [0.717, 1.165) is 69.6 Å². The Morgan fingerprint density at radius 1 is 0.282 bits per heavy atom. The molecule has 0 aromatic heterocycles. The summed E-state index contributed by atoms with van der Waals surface area (Å²) in [7, 11) is 0. The van der Waals surface area contributed by atoms with E-state index in [0.29, 0.717) is 19.3 Å². The molecule has 3 atom stereocenters. The lowest BCUT2D eigenvalue weighted by molar-refractivity contribution is -0.167. The molecule has 0 heterocycles. The molecule has 0 aromatic rings. The van der Waals surface area contributed by atoms with Gasteiger partial charge in [-0.3, -0.25) is 14.4 Å². The van der Waals surface area contributed by atoms with Gasteiger partial charge in [-0.15, -0.1) is 0 Å². The van der Waals surface area contributed by atoms with Gasteiger partial charge in [-0.05, 0) is 31.1 Å². The third-order valence-corrected chi connectivity index (χ3v) is 15.7. The van der Waals surface area contributed by atoms with Gasteiger partial charge in [0.05, 0.1) is 0 Å². The van der Waals surface area contributed by atoms with Gasteiger partial charge < -0.3 is 14.2 Å². The number of unbranched alkanes of at least 4 members (excludes halogenated alkanes) is 42. The SMILES string of the molecule is CCCCCCCCCCCCCCCCCCCC(=O)OC[C@H](COC(=O)CCCCCCCCCCCCCCCCCCCCC(C)CC)OC(=O)CCCCCCCCCCCCC(C)CC. The van der Waals surface area contributed by atoms with Crippen LogP contribution in [-0.2, 0) is 28.6 Å². The highest BCUT2D eigenvalue weighted by molar-refractivity contribution is 5.71. The van der Waals surface area contributed by atoms with Gasteiger partial charge in [-0.2, -0.15) is 0 Å². The minimum Gasteiger partial charge on any atom is -0.462 e. The van der Waals surface area contributed by atoms with Crippen molar-refractivity contribution in [2.45, 2.75) is 375 Å². The Labute approximate surface area is 444 Å². The number of carbonyl (C=O) groups is 3. The van der Waals surface area contributed by atoms with Gasteiger partial charge in [0.25, 0.3) is 0 Å². The van der Waals surface area contributed by atoms with E-state index in [1.807, 2.05) is 0 Å². The van der Waals surface area contributed by atoms with Gasteiger partial charge in [0.15, 0.2) is 6.10 Å². The summed E-state index contributed by atoms with van der Waals surface area (Å²) in [5, 5.41) is 0. The third kappa shape index (κ3) is 56.0. The van der Waals surface area contributed by atoms with Crippen LogP contribution in [0.5, 0.6) is 0 Å². The van der Waals surface area contributed by atoms with Gasteiger partial charge >= 0.3 is 17.9 Å². The molecule has 6 nitrogen and oxygen atoms in total. The van der Waals surface area contributed by atoms with E-state index in [4.69, 9.17) is 14.2 Å².